The third-order valence-electron chi connectivity index (χ3n) is 3.95. The van der Waals surface area contributed by atoms with E-state index in [1.54, 1.807) is 30.4 Å². The normalized spacial score (nSPS) is 11.2. The van der Waals surface area contributed by atoms with Gasteiger partial charge in [0.15, 0.2) is 11.5 Å². The molecule has 132 valence electrons. The van der Waals surface area contributed by atoms with Gasteiger partial charge in [0.2, 0.25) is 0 Å². The van der Waals surface area contributed by atoms with E-state index >= 15 is 0 Å². The zero-order valence-electron chi connectivity index (χ0n) is 14.5. The van der Waals surface area contributed by atoms with Crippen LogP contribution in [0.3, 0.4) is 0 Å². The first-order valence-electron chi connectivity index (χ1n) is 8.10. The highest BCUT2D eigenvalue weighted by atomic mass is 16.5. The van der Waals surface area contributed by atoms with E-state index in [1.807, 2.05) is 25.2 Å². The molecule has 0 aliphatic heterocycles. The second kappa shape index (κ2) is 6.89. The third-order valence-corrected chi connectivity index (χ3v) is 3.95. The summed E-state index contributed by atoms with van der Waals surface area (Å²) in [5, 5.41) is 15.7. The number of anilines is 1. The Morgan fingerprint density at radius 2 is 2.08 bits per heavy atom. The number of nitrogens with zero attached hydrogens (tertiary/aromatic N) is 6. The molecule has 4 aromatic rings. The van der Waals surface area contributed by atoms with E-state index in [-0.39, 0.29) is 0 Å². The third kappa shape index (κ3) is 3.11. The second-order valence-electron chi connectivity index (χ2n) is 5.81. The Morgan fingerprint density at radius 3 is 2.88 bits per heavy atom. The van der Waals surface area contributed by atoms with E-state index < -0.39 is 0 Å². The molecular weight excluding hydrogens is 332 g/mol. The van der Waals surface area contributed by atoms with Crippen molar-refractivity contribution in [1.82, 2.24) is 34.9 Å². The molecule has 26 heavy (non-hydrogen) atoms. The van der Waals surface area contributed by atoms with Gasteiger partial charge in [-0.15, -0.1) is 0 Å². The molecule has 0 fully saturated rings. The number of H-pyrrole nitrogens is 1. The predicted octanol–water partition coefficient (Wildman–Crippen LogP) is 1.91. The van der Waals surface area contributed by atoms with Crippen molar-refractivity contribution in [2.24, 2.45) is 7.05 Å². The number of methoxy groups -OCH3 is 1. The van der Waals surface area contributed by atoms with Gasteiger partial charge in [-0.1, -0.05) is 0 Å². The van der Waals surface area contributed by atoms with Crippen molar-refractivity contribution in [1.29, 1.82) is 0 Å². The molecule has 0 radical (unpaired) electrons. The fourth-order valence-electron chi connectivity index (χ4n) is 2.69. The van der Waals surface area contributed by atoms with Crippen molar-refractivity contribution in [3.8, 4) is 11.4 Å². The topological polar surface area (TPSA) is 106 Å². The molecule has 0 saturated carbocycles. The van der Waals surface area contributed by atoms with Crippen LogP contribution in [0.1, 0.15) is 11.4 Å². The van der Waals surface area contributed by atoms with Gasteiger partial charge in [0.05, 0.1) is 36.1 Å². The number of fused-ring (bicyclic) bond motifs is 1. The van der Waals surface area contributed by atoms with Gasteiger partial charge in [0, 0.05) is 32.1 Å². The van der Waals surface area contributed by atoms with E-state index in [0.29, 0.717) is 19.0 Å². The van der Waals surface area contributed by atoms with Crippen LogP contribution in [-0.4, -0.2) is 42.0 Å². The Bertz CT molecular complexity index is 1020. The van der Waals surface area contributed by atoms with Crippen molar-refractivity contribution in [2.45, 2.75) is 13.2 Å². The average Bonchev–Trinajstić information content (AvgIpc) is 3.28. The standard InChI is InChI=1S/C17H18N8O/c1-25-17-14(9-20-25)16(19-8-12-7-13(10-26-2)24-23-12)21-15(22-17)11-3-5-18-6-4-11/h3-7,9H,8,10H2,1-2H3,(H,23,24)(H,19,21,22). The number of ether oxygens (including phenoxy) is 1. The van der Waals surface area contributed by atoms with Crippen LogP contribution in [-0.2, 0) is 24.9 Å². The Balaban J connectivity index is 1.66. The maximum Gasteiger partial charge on any atom is 0.164 e. The smallest absolute Gasteiger partial charge is 0.164 e. The fourth-order valence-corrected chi connectivity index (χ4v) is 2.69. The highest BCUT2D eigenvalue weighted by Gasteiger charge is 2.13. The van der Waals surface area contributed by atoms with Gasteiger partial charge in [-0.25, -0.2) is 9.97 Å². The second-order valence-corrected chi connectivity index (χ2v) is 5.81. The summed E-state index contributed by atoms with van der Waals surface area (Å²) >= 11 is 0. The van der Waals surface area contributed by atoms with Gasteiger partial charge >= 0.3 is 0 Å². The van der Waals surface area contributed by atoms with Crippen LogP contribution in [0.4, 0.5) is 5.82 Å². The molecule has 0 atom stereocenters. The molecule has 9 heteroatoms. The number of aryl methyl sites for hydroxylation is 1. The summed E-state index contributed by atoms with van der Waals surface area (Å²) in [4.78, 5) is 13.4. The Hall–Kier alpha value is -3.33. The van der Waals surface area contributed by atoms with Gasteiger partial charge in [-0.3, -0.25) is 14.8 Å². The molecule has 0 aromatic carbocycles. The lowest BCUT2D eigenvalue weighted by molar-refractivity contribution is 0.181. The van der Waals surface area contributed by atoms with Gasteiger partial charge < -0.3 is 10.1 Å². The first kappa shape index (κ1) is 16.2. The minimum atomic E-state index is 0.475. The van der Waals surface area contributed by atoms with Crippen LogP contribution < -0.4 is 5.32 Å². The van der Waals surface area contributed by atoms with Gasteiger partial charge in [-0.2, -0.15) is 10.2 Å². The zero-order valence-corrected chi connectivity index (χ0v) is 14.5. The van der Waals surface area contributed by atoms with E-state index in [1.165, 1.54) is 0 Å². The minimum Gasteiger partial charge on any atom is -0.378 e. The molecule has 0 bridgehead atoms. The van der Waals surface area contributed by atoms with E-state index in [9.17, 15) is 0 Å². The quantitative estimate of drug-likeness (QED) is 0.547. The summed E-state index contributed by atoms with van der Waals surface area (Å²) < 4.78 is 6.83. The Kier molecular flexibility index (Phi) is 4.28. The lowest BCUT2D eigenvalue weighted by Gasteiger charge is -2.08. The monoisotopic (exact) mass is 350 g/mol. The summed E-state index contributed by atoms with van der Waals surface area (Å²) in [5.74, 6) is 1.34. The average molecular weight is 350 g/mol. The number of hydrogen-bond acceptors (Lipinski definition) is 7. The maximum absolute atomic E-state index is 5.09. The van der Waals surface area contributed by atoms with Gasteiger partial charge in [0.1, 0.15) is 5.82 Å². The Labute approximate surface area is 149 Å². The maximum atomic E-state index is 5.09. The number of aromatic nitrogens is 7. The number of rotatable bonds is 6. The summed E-state index contributed by atoms with van der Waals surface area (Å²) in [6.45, 7) is 1.02. The molecule has 0 aliphatic carbocycles. The molecule has 2 N–H and O–H groups in total. The fraction of sp³-hybridized carbons (Fsp3) is 0.235. The van der Waals surface area contributed by atoms with Crippen molar-refractivity contribution >= 4 is 16.9 Å². The molecule has 4 aromatic heterocycles. The minimum absolute atomic E-state index is 0.475. The predicted molar refractivity (Wildman–Crippen MR) is 96.2 cm³/mol. The summed E-state index contributed by atoms with van der Waals surface area (Å²) in [6, 6.07) is 5.72. The SMILES string of the molecule is COCc1cc(CNc2nc(-c3ccncc3)nc3c2cnn3C)[nH]n1. The molecule has 0 aliphatic rings. The number of aromatic amines is 1. The molecule has 0 amide bonds. The highest BCUT2D eigenvalue weighted by Crippen LogP contribution is 2.24. The van der Waals surface area contributed by atoms with E-state index in [4.69, 9.17) is 4.74 Å². The molecule has 0 unspecified atom stereocenters. The molecule has 4 heterocycles. The first-order chi connectivity index (χ1) is 12.7. The van der Waals surface area contributed by atoms with E-state index in [0.717, 1.165) is 33.8 Å². The van der Waals surface area contributed by atoms with Crippen LogP contribution in [0.2, 0.25) is 0 Å². The summed E-state index contributed by atoms with van der Waals surface area (Å²) in [7, 11) is 3.51. The van der Waals surface area contributed by atoms with Crippen LogP contribution in [0, 0.1) is 0 Å². The van der Waals surface area contributed by atoms with Crippen LogP contribution >= 0.6 is 0 Å². The van der Waals surface area contributed by atoms with Crippen molar-refractivity contribution in [3.05, 3.63) is 48.2 Å². The highest BCUT2D eigenvalue weighted by molar-refractivity contribution is 5.88. The van der Waals surface area contributed by atoms with Crippen molar-refractivity contribution in [3.63, 3.8) is 0 Å². The number of nitrogens with one attached hydrogen (secondary N) is 2. The van der Waals surface area contributed by atoms with Crippen molar-refractivity contribution < 1.29 is 4.74 Å². The lowest BCUT2D eigenvalue weighted by atomic mass is 10.2. The zero-order chi connectivity index (χ0) is 17.9. The summed E-state index contributed by atoms with van der Waals surface area (Å²) in [5.41, 5.74) is 3.46. The number of pyridine rings is 1. The first-order valence-corrected chi connectivity index (χ1v) is 8.10. The van der Waals surface area contributed by atoms with Crippen LogP contribution in [0.25, 0.3) is 22.4 Å². The molecule has 4 rings (SSSR count). The number of hydrogen-bond donors (Lipinski definition) is 2. The largest absolute Gasteiger partial charge is 0.378 e. The summed E-state index contributed by atoms with van der Waals surface area (Å²) in [6.07, 6.45) is 5.21. The molecular formula is C17H18N8O. The Morgan fingerprint density at radius 1 is 1.23 bits per heavy atom. The molecule has 0 saturated heterocycles. The van der Waals surface area contributed by atoms with Crippen LogP contribution in [0.15, 0.2) is 36.8 Å². The lowest BCUT2D eigenvalue weighted by Crippen LogP contribution is -2.05. The van der Waals surface area contributed by atoms with Crippen LogP contribution in [0.5, 0.6) is 0 Å². The van der Waals surface area contributed by atoms with Crippen molar-refractivity contribution in [2.75, 3.05) is 12.4 Å². The molecule has 0 spiro atoms. The van der Waals surface area contributed by atoms with Gasteiger partial charge in [0.25, 0.3) is 0 Å². The van der Waals surface area contributed by atoms with Gasteiger partial charge in [-0.05, 0) is 18.2 Å². The molecule has 9 nitrogen and oxygen atoms in total. The van der Waals surface area contributed by atoms with E-state index in [2.05, 4.69) is 35.6 Å².